The number of hydrogen-bond acceptors (Lipinski definition) is 6. The normalized spacial score (nSPS) is 10.7. The van der Waals surface area contributed by atoms with E-state index in [0.29, 0.717) is 0 Å². The first-order valence-electron chi connectivity index (χ1n) is 5.48. The molecule has 0 saturated heterocycles. The number of hydrogen-bond donors (Lipinski definition) is 1. The van der Waals surface area contributed by atoms with E-state index < -0.39 is 17.7 Å². The van der Waals surface area contributed by atoms with Crippen LogP contribution in [-0.4, -0.2) is 29.8 Å². The molecule has 1 amide bonds. The average molecular weight is 267 g/mol. The number of aromatic carboxylic acids is 1. The zero-order chi connectivity index (χ0) is 14.6. The van der Waals surface area contributed by atoms with E-state index in [-0.39, 0.29) is 17.1 Å². The number of nitrogens with zero attached hydrogens (tertiary/aromatic N) is 1. The van der Waals surface area contributed by atoms with Crippen LogP contribution in [0.5, 0.6) is 5.88 Å². The van der Waals surface area contributed by atoms with Crippen LogP contribution in [-0.2, 0) is 4.74 Å². The number of ether oxygens (including phenoxy) is 2. The molecule has 7 nitrogen and oxygen atoms in total. The number of rotatable bonds is 3. The molecule has 0 atom stereocenters. The largest absolute Gasteiger partial charge is 0.545 e. The Kier molecular flexibility index (Phi) is 4.31. The maximum atomic E-state index is 11.6. The van der Waals surface area contributed by atoms with E-state index >= 15 is 0 Å². The standard InChI is InChI=1S/C12H16N2O5/c1-12(2,3)19-11(17)14-8-6-13-9(18-4)5-7(8)10(15)16/h5-6H,1-4H3,(H,14,17)(H,15,16)/p-1. The van der Waals surface area contributed by atoms with Gasteiger partial charge in [0.05, 0.1) is 25.0 Å². The van der Waals surface area contributed by atoms with Crippen molar-refractivity contribution in [3.63, 3.8) is 0 Å². The second kappa shape index (κ2) is 5.55. The summed E-state index contributed by atoms with van der Waals surface area (Å²) in [6.45, 7) is 5.08. The monoisotopic (exact) mass is 267 g/mol. The summed E-state index contributed by atoms with van der Waals surface area (Å²) in [5.41, 5.74) is -0.946. The number of carbonyl (C=O) groups excluding carboxylic acids is 2. The summed E-state index contributed by atoms with van der Waals surface area (Å²) in [7, 11) is 1.35. The molecule has 19 heavy (non-hydrogen) atoms. The van der Waals surface area contributed by atoms with Crippen molar-refractivity contribution >= 4 is 17.7 Å². The van der Waals surface area contributed by atoms with Crippen molar-refractivity contribution in [1.82, 2.24) is 4.98 Å². The lowest BCUT2D eigenvalue weighted by Gasteiger charge is -2.20. The van der Waals surface area contributed by atoms with Crippen LogP contribution >= 0.6 is 0 Å². The van der Waals surface area contributed by atoms with Gasteiger partial charge in [-0.1, -0.05) is 0 Å². The number of pyridine rings is 1. The number of amides is 1. The molecule has 1 aromatic heterocycles. The molecule has 0 aliphatic rings. The van der Waals surface area contributed by atoms with Crippen LogP contribution in [0, 0.1) is 0 Å². The van der Waals surface area contributed by atoms with Gasteiger partial charge in [0.1, 0.15) is 5.60 Å². The van der Waals surface area contributed by atoms with Gasteiger partial charge in [0, 0.05) is 11.6 Å². The van der Waals surface area contributed by atoms with Gasteiger partial charge in [0.2, 0.25) is 5.88 Å². The van der Waals surface area contributed by atoms with Gasteiger partial charge in [0.15, 0.2) is 0 Å². The number of carboxylic acids is 1. The number of anilines is 1. The highest BCUT2D eigenvalue weighted by molar-refractivity contribution is 5.97. The van der Waals surface area contributed by atoms with Gasteiger partial charge in [0.25, 0.3) is 0 Å². The zero-order valence-electron chi connectivity index (χ0n) is 11.1. The molecule has 0 saturated carbocycles. The summed E-state index contributed by atoms with van der Waals surface area (Å²) in [6, 6.07) is 1.15. The van der Waals surface area contributed by atoms with Gasteiger partial charge in [-0.25, -0.2) is 9.78 Å². The quantitative estimate of drug-likeness (QED) is 0.869. The number of carbonyl (C=O) groups is 2. The topological polar surface area (TPSA) is 101 Å². The molecule has 0 aliphatic carbocycles. The Hall–Kier alpha value is -2.31. The zero-order valence-corrected chi connectivity index (χ0v) is 11.1. The lowest BCUT2D eigenvalue weighted by molar-refractivity contribution is -0.254. The van der Waals surface area contributed by atoms with Crippen molar-refractivity contribution in [2.45, 2.75) is 26.4 Å². The Morgan fingerprint density at radius 3 is 2.47 bits per heavy atom. The van der Waals surface area contributed by atoms with Gasteiger partial charge in [-0.05, 0) is 20.8 Å². The van der Waals surface area contributed by atoms with Crippen LogP contribution in [0.25, 0.3) is 0 Å². The van der Waals surface area contributed by atoms with E-state index in [4.69, 9.17) is 9.47 Å². The van der Waals surface area contributed by atoms with Crippen LogP contribution in [0.1, 0.15) is 31.1 Å². The Balaban J connectivity index is 2.95. The second-order valence-electron chi connectivity index (χ2n) is 4.69. The maximum absolute atomic E-state index is 11.6. The van der Waals surface area contributed by atoms with Crippen molar-refractivity contribution in [3.8, 4) is 5.88 Å². The first kappa shape index (κ1) is 14.7. The van der Waals surface area contributed by atoms with E-state index in [9.17, 15) is 14.7 Å². The van der Waals surface area contributed by atoms with Crippen LogP contribution in [0.3, 0.4) is 0 Å². The first-order chi connectivity index (χ1) is 8.73. The molecule has 0 radical (unpaired) electrons. The third-order valence-corrected chi connectivity index (χ3v) is 1.94. The molecule has 0 unspecified atom stereocenters. The number of nitrogens with one attached hydrogen (secondary N) is 1. The second-order valence-corrected chi connectivity index (χ2v) is 4.69. The minimum atomic E-state index is -1.45. The van der Waals surface area contributed by atoms with E-state index in [1.54, 1.807) is 20.8 Å². The Bertz CT molecular complexity index is 493. The minimum Gasteiger partial charge on any atom is -0.545 e. The van der Waals surface area contributed by atoms with E-state index in [1.165, 1.54) is 7.11 Å². The van der Waals surface area contributed by atoms with E-state index in [2.05, 4.69) is 10.3 Å². The molecule has 0 spiro atoms. The van der Waals surface area contributed by atoms with Crippen molar-refractivity contribution in [2.24, 2.45) is 0 Å². The van der Waals surface area contributed by atoms with Gasteiger partial charge in [-0.15, -0.1) is 0 Å². The smallest absolute Gasteiger partial charge is 0.412 e. The van der Waals surface area contributed by atoms with E-state index in [1.807, 2.05) is 0 Å². The summed E-state index contributed by atoms with van der Waals surface area (Å²) < 4.78 is 9.81. The Labute approximate surface area is 110 Å². The first-order valence-corrected chi connectivity index (χ1v) is 5.48. The molecular formula is C12H15N2O5-. The summed E-state index contributed by atoms with van der Waals surface area (Å²) in [5, 5.41) is 13.3. The summed E-state index contributed by atoms with van der Waals surface area (Å²) in [5.74, 6) is -1.35. The molecular weight excluding hydrogens is 252 g/mol. The van der Waals surface area contributed by atoms with Gasteiger partial charge in [-0.3, -0.25) is 5.32 Å². The predicted octanol–water partition coefficient (Wildman–Crippen LogP) is 0.801. The highest BCUT2D eigenvalue weighted by Crippen LogP contribution is 2.19. The minimum absolute atomic E-state index is 0.0185. The fourth-order valence-corrected chi connectivity index (χ4v) is 1.23. The number of carboxylic acid groups (broad SMARTS) is 1. The van der Waals surface area contributed by atoms with E-state index in [0.717, 1.165) is 12.3 Å². The molecule has 1 aromatic rings. The molecule has 104 valence electrons. The molecule has 1 rings (SSSR count). The predicted molar refractivity (Wildman–Crippen MR) is 65.0 cm³/mol. The van der Waals surface area contributed by atoms with Crippen LogP contribution in [0.15, 0.2) is 12.3 Å². The lowest BCUT2D eigenvalue weighted by Crippen LogP contribution is -2.29. The van der Waals surface area contributed by atoms with Crippen molar-refractivity contribution in [3.05, 3.63) is 17.8 Å². The summed E-state index contributed by atoms with van der Waals surface area (Å²) in [4.78, 5) is 26.3. The number of methoxy groups -OCH3 is 1. The van der Waals surface area contributed by atoms with Crippen molar-refractivity contribution < 1.29 is 24.2 Å². The average Bonchev–Trinajstić information content (AvgIpc) is 2.26. The molecule has 1 N–H and O–H groups in total. The van der Waals surface area contributed by atoms with Gasteiger partial charge < -0.3 is 19.4 Å². The molecule has 0 bridgehead atoms. The third-order valence-electron chi connectivity index (χ3n) is 1.94. The fourth-order valence-electron chi connectivity index (χ4n) is 1.23. The van der Waals surface area contributed by atoms with Gasteiger partial charge in [-0.2, -0.15) is 0 Å². The molecule has 0 aromatic carbocycles. The summed E-state index contributed by atoms with van der Waals surface area (Å²) >= 11 is 0. The van der Waals surface area contributed by atoms with Crippen molar-refractivity contribution in [2.75, 3.05) is 12.4 Å². The Morgan fingerprint density at radius 1 is 1.37 bits per heavy atom. The lowest BCUT2D eigenvalue weighted by atomic mass is 10.2. The van der Waals surface area contributed by atoms with Crippen LogP contribution in [0.4, 0.5) is 10.5 Å². The van der Waals surface area contributed by atoms with Crippen LogP contribution in [0.2, 0.25) is 0 Å². The molecule has 7 heteroatoms. The highest BCUT2D eigenvalue weighted by atomic mass is 16.6. The fraction of sp³-hybridized carbons (Fsp3) is 0.417. The SMILES string of the molecule is COc1cc(C(=O)[O-])c(NC(=O)OC(C)(C)C)cn1. The third kappa shape index (κ3) is 4.46. The molecule has 0 fully saturated rings. The summed E-state index contributed by atoms with van der Waals surface area (Å²) in [6.07, 6.45) is 0.385. The van der Waals surface area contributed by atoms with Crippen LogP contribution < -0.4 is 15.2 Å². The molecule has 0 aliphatic heterocycles. The number of aromatic nitrogens is 1. The molecule has 1 heterocycles. The maximum Gasteiger partial charge on any atom is 0.412 e. The Morgan fingerprint density at radius 2 is 2.00 bits per heavy atom. The van der Waals surface area contributed by atoms with Gasteiger partial charge >= 0.3 is 6.09 Å². The van der Waals surface area contributed by atoms with Crippen molar-refractivity contribution in [1.29, 1.82) is 0 Å². The highest BCUT2D eigenvalue weighted by Gasteiger charge is 2.18.